The molecular formula is C16H29NO. The van der Waals surface area contributed by atoms with E-state index in [2.05, 4.69) is 5.32 Å². The second-order valence-corrected chi connectivity index (χ2v) is 6.72. The van der Waals surface area contributed by atoms with Crippen molar-refractivity contribution in [1.82, 2.24) is 5.32 Å². The fraction of sp³-hybridized carbons (Fsp3) is 1.00. The Labute approximate surface area is 112 Å². The Morgan fingerprint density at radius 3 is 2.33 bits per heavy atom. The highest BCUT2D eigenvalue weighted by atomic mass is 16.5. The molecule has 1 spiro atoms. The molecule has 104 valence electrons. The molecule has 0 aromatic carbocycles. The molecule has 0 bridgehead atoms. The van der Waals surface area contributed by atoms with Gasteiger partial charge in [-0.25, -0.2) is 0 Å². The van der Waals surface area contributed by atoms with E-state index in [1.807, 2.05) is 0 Å². The average Bonchev–Trinajstić information content (AvgIpc) is 2.31. The fourth-order valence-corrected chi connectivity index (χ4v) is 4.13. The molecule has 0 aromatic heterocycles. The number of rotatable bonds is 2. The first-order valence-electron chi connectivity index (χ1n) is 8.26. The Morgan fingerprint density at radius 1 is 0.944 bits per heavy atom. The largest absolute Gasteiger partial charge is 0.372 e. The molecule has 0 radical (unpaired) electrons. The van der Waals surface area contributed by atoms with E-state index in [-0.39, 0.29) is 5.60 Å². The average molecular weight is 251 g/mol. The minimum absolute atomic E-state index is 0.203. The van der Waals surface area contributed by atoms with Crippen LogP contribution in [-0.4, -0.2) is 24.8 Å². The zero-order valence-corrected chi connectivity index (χ0v) is 11.8. The van der Waals surface area contributed by atoms with Crippen molar-refractivity contribution in [3.8, 4) is 0 Å². The second kappa shape index (κ2) is 5.92. The van der Waals surface area contributed by atoms with E-state index in [0.29, 0.717) is 6.04 Å². The molecule has 0 aromatic rings. The minimum atomic E-state index is 0.203. The number of morpholine rings is 1. The van der Waals surface area contributed by atoms with Gasteiger partial charge in [-0.2, -0.15) is 0 Å². The van der Waals surface area contributed by atoms with Crippen LogP contribution >= 0.6 is 0 Å². The first-order chi connectivity index (χ1) is 8.89. The van der Waals surface area contributed by atoms with Crippen LogP contribution in [-0.2, 0) is 4.74 Å². The van der Waals surface area contributed by atoms with Crippen LogP contribution in [0.2, 0.25) is 0 Å². The van der Waals surface area contributed by atoms with Gasteiger partial charge in [0.1, 0.15) is 0 Å². The Hall–Kier alpha value is -0.0800. The summed E-state index contributed by atoms with van der Waals surface area (Å²) in [7, 11) is 0. The van der Waals surface area contributed by atoms with Gasteiger partial charge in [0.2, 0.25) is 0 Å². The predicted molar refractivity (Wildman–Crippen MR) is 74.8 cm³/mol. The highest BCUT2D eigenvalue weighted by molar-refractivity contribution is 4.98. The van der Waals surface area contributed by atoms with Crippen LogP contribution < -0.4 is 5.32 Å². The second-order valence-electron chi connectivity index (χ2n) is 6.72. The molecule has 2 nitrogen and oxygen atoms in total. The topological polar surface area (TPSA) is 21.3 Å². The molecule has 2 heteroatoms. The van der Waals surface area contributed by atoms with Crippen molar-refractivity contribution < 1.29 is 4.74 Å². The van der Waals surface area contributed by atoms with E-state index in [9.17, 15) is 0 Å². The molecular weight excluding hydrogens is 222 g/mol. The normalized spacial score (nSPS) is 33.7. The summed E-state index contributed by atoms with van der Waals surface area (Å²) >= 11 is 0. The molecule has 2 saturated carbocycles. The van der Waals surface area contributed by atoms with Gasteiger partial charge in [0.15, 0.2) is 0 Å². The summed E-state index contributed by atoms with van der Waals surface area (Å²) in [6.07, 6.45) is 15.4. The number of nitrogens with one attached hydrogen (secondary N) is 1. The summed E-state index contributed by atoms with van der Waals surface area (Å²) in [6, 6.07) is 0.648. The third-order valence-corrected chi connectivity index (χ3v) is 5.51. The van der Waals surface area contributed by atoms with Crippen LogP contribution in [0.1, 0.15) is 70.6 Å². The standard InChI is InChI=1S/C16H29NO/c1-2-4-9-16(10-5-3-1)15(17-11-12-18-16)13-14-7-6-8-14/h14-15,17H,1-13H2. The molecule has 3 aliphatic rings. The smallest absolute Gasteiger partial charge is 0.0835 e. The van der Waals surface area contributed by atoms with E-state index in [4.69, 9.17) is 4.74 Å². The van der Waals surface area contributed by atoms with Crippen molar-refractivity contribution in [1.29, 1.82) is 0 Å². The van der Waals surface area contributed by atoms with Crippen LogP contribution in [0.4, 0.5) is 0 Å². The lowest BCUT2D eigenvalue weighted by atomic mass is 9.73. The van der Waals surface area contributed by atoms with Crippen LogP contribution in [0.3, 0.4) is 0 Å². The zero-order valence-electron chi connectivity index (χ0n) is 11.8. The quantitative estimate of drug-likeness (QED) is 0.809. The Balaban J connectivity index is 1.66. The lowest BCUT2D eigenvalue weighted by Gasteiger charge is -2.47. The first-order valence-corrected chi connectivity index (χ1v) is 8.26. The summed E-state index contributed by atoms with van der Waals surface area (Å²) in [6.45, 7) is 2.00. The van der Waals surface area contributed by atoms with Crippen LogP contribution in [0.5, 0.6) is 0 Å². The van der Waals surface area contributed by atoms with Crippen molar-refractivity contribution in [2.24, 2.45) is 5.92 Å². The summed E-state index contributed by atoms with van der Waals surface area (Å²) < 4.78 is 6.36. The fourth-order valence-electron chi connectivity index (χ4n) is 4.13. The molecule has 3 fully saturated rings. The van der Waals surface area contributed by atoms with E-state index >= 15 is 0 Å². The number of hydrogen-bond acceptors (Lipinski definition) is 2. The van der Waals surface area contributed by atoms with Crippen LogP contribution in [0.15, 0.2) is 0 Å². The van der Waals surface area contributed by atoms with Crippen molar-refractivity contribution in [2.45, 2.75) is 82.3 Å². The third-order valence-electron chi connectivity index (χ3n) is 5.51. The van der Waals surface area contributed by atoms with E-state index in [1.165, 1.54) is 70.6 Å². The Kier molecular flexibility index (Phi) is 4.25. The van der Waals surface area contributed by atoms with Gasteiger partial charge in [-0.15, -0.1) is 0 Å². The molecule has 1 aliphatic heterocycles. The molecule has 1 heterocycles. The Bertz CT molecular complexity index is 254. The van der Waals surface area contributed by atoms with Gasteiger partial charge < -0.3 is 10.1 Å². The van der Waals surface area contributed by atoms with Gasteiger partial charge in [-0.1, -0.05) is 51.4 Å². The lowest BCUT2D eigenvalue weighted by Crippen LogP contribution is -2.59. The van der Waals surface area contributed by atoms with Crippen molar-refractivity contribution in [2.75, 3.05) is 13.2 Å². The zero-order chi connectivity index (χ0) is 12.3. The predicted octanol–water partition coefficient (Wildman–Crippen LogP) is 3.65. The maximum Gasteiger partial charge on any atom is 0.0835 e. The molecule has 1 atom stereocenters. The summed E-state index contributed by atoms with van der Waals surface area (Å²) in [5.74, 6) is 0.992. The van der Waals surface area contributed by atoms with Crippen molar-refractivity contribution in [3.05, 3.63) is 0 Å². The first kappa shape index (κ1) is 12.9. The highest BCUT2D eigenvalue weighted by Gasteiger charge is 2.42. The summed E-state index contributed by atoms with van der Waals surface area (Å²) in [5, 5.41) is 3.80. The van der Waals surface area contributed by atoms with Gasteiger partial charge in [-0.3, -0.25) is 0 Å². The van der Waals surface area contributed by atoms with Gasteiger partial charge in [0, 0.05) is 12.6 Å². The molecule has 1 saturated heterocycles. The summed E-state index contributed by atoms with van der Waals surface area (Å²) in [4.78, 5) is 0. The lowest BCUT2D eigenvalue weighted by molar-refractivity contribution is -0.117. The van der Waals surface area contributed by atoms with Crippen molar-refractivity contribution >= 4 is 0 Å². The number of hydrogen-bond donors (Lipinski definition) is 1. The summed E-state index contributed by atoms with van der Waals surface area (Å²) in [5.41, 5.74) is 0.203. The highest BCUT2D eigenvalue weighted by Crippen LogP contribution is 2.40. The maximum atomic E-state index is 6.36. The molecule has 2 aliphatic carbocycles. The third kappa shape index (κ3) is 2.75. The molecule has 18 heavy (non-hydrogen) atoms. The molecule has 0 amide bonds. The number of ether oxygens (including phenoxy) is 1. The van der Waals surface area contributed by atoms with Crippen molar-refractivity contribution in [3.63, 3.8) is 0 Å². The van der Waals surface area contributed by atoms with E-state index < -0.39 is 0 Å². The van der Waals surface area contributed by atoms with Crippen LogP contribution in [0, 0.1) is 5.92 Å². The van der Waals surface area contributed by atoms with Crippen LogP contribution in [0.25, 0.3) is 0 Å². The molecule has 1 unspecified atom stereocenters. The molecule has 1 N–H and O–H groups in total. The molecule has 3 rings (SSSR count). The Morgan fingerprint density at radius 2 is 1.67 bits per heavy atom. The monoisotopic (exact) mass is 251 g/mol. The maximum absolute atomic E-state index is 6.36. The van der Waals surface area contributed by atoms with E-state index in [0.717, 1.165) is 19.1 Å². The van der Waals surface area contributed by atoms with Gasteiger partial charge in [0.05, 0.1) is 12.2 Å². The van der Waals surface area contributed by atoms with Gasteiger partial charge in [-0.05, 0) is 25.2 Å². The van der Waals surface area contributed by atoms with Gasteiger partial charge >= 0.3 is 0 Å². The minimum Gasteiger partial charge on any atom is -0.372 e. The van der Waals surface area contributed by atoms with Gasteiger partial charge in [0.25, 0.3) is 0 Å². The SMILES string of the molecule is C1CCCC2(CCC1)OCCNC2CC1CCC1. The van der Waals surface area contributed by atoms with E-state index in [1.54, 1.807) is 0 Å².